The molecule has 0 aliphatic heterocycles. The van der Waals surface area contributed by atoms with Crippen LogP contribution in [0.15, 0.2) is 23.6 Å². The Labute approximate surface area is 137 Å². The molecule has 0 saturated heterocycles. The van der Waals surface area contributed by atoms with Crippen LogP contribution in [0.3, 0.4) is 0 Å². The van der Waals surface area contributed by atoms with E-state index in [1.165, 1.54) is 11.3 Å². The Morgan fingerprint density at radius 3 is 2.67 bits per heavy atom. The molecule has 3 nitrogen and oxygen atoms in total. The minimum atomic E-state index is -0.413. The average Bonchev–Trinajstić information content (AvgIpc) is 2.81. The molecule has 0 unspecified atom stereocenters. The number of anilines is 1. The molecule has 0 fully saturated rings. The highest BCUT2D eigenvalue weighted by molar-refractivity contribution is 7.15. The van der Waals surface area contributed by atoms with Crippen molar-refractivity contribution in [2.75, 3.05) is 12.3 Å². The molecule has 0 aliphatic rings. The molecule has 21 heavy (non-hydrogen) atoms. The Hall–Kier alpha value is -1.23. The van der Waals surface area contributed by atoms with Gasteiger partial charge in [0, 0.05) is 10.9 Å². The van der Waals surface area contributed by atoms with E-state index < -0.39 is 5.97 Å². The average molecular weight is 344 g/mol. The van der Waals surface area contributed by atoms with Gasteiger partial charge < -0.3 is 10.5 Å². The van der Waals surface area contributed by atoms with E-state index in [4.69, 9.17) is 33.7 Å². The first-order valence-corrected chi connectivity index (χ1v) is 8.03. The highest BCUT2D eigenvalue weighted by Crippen LogP contribution is 2.36. The molecule has 0 aliphatic carbocycles. The number of esters is 1. The van der Waals surface area contributed by atoms with Gasteiger partial charge in [0.2, 0.25) is 0 Å². The molecular weight excluding hydrogens is 329 g/mol. The number of nitrogen functional groups attached to an aromatic ring is 1. The zero-order valence-corrected chi connectivity index (χ0v) is 14.0. The normalized spacial score (nSPS) is 10.9. The fourth-order valence-electron chi connectivity index (χ4n) is 1.77. The van der Waals surface area contributed by atoms with Crippen LogP contribution < -0.4 is 5.73 Å². The summed E-state index contributed by atoms with van der Waals surface area (Å²) in [6, 6.07) is 5.20. The van der Waals surface area contributed by atoms with E-state index in [9.17, 15) is 4.79 Å². The van der Waals surface area contributed by atoms with E-state index in [-0.39, 0.29) is 5.92 Å². The smallest absolute Gasteiger partial charge is 0.341 e. The Kier molecular flexibility index (Phi) is 5.14. The second kappa shape index (κ2) is 6.69. The molecule has 0 atom stereocenters. The van der Waals surface area contributed by atoms with E-state index in [0.717, 1.165) is 5.56 Å². The van der Waals surface area contributed by atoms with Gasteiger partial charge in [0.05, 0.1) is 16.7 Å². The standard InChI is InChI=1S/C15H15Cl2NO2S/c1-8(2)6-20-15(19)13-10(7-21-14(13)18)9-3-4-11(16)12(17)5-9/h3-5,7-8H,6,18H2,1-2H3. The predicted molar refractivity (Wildman–Crippen MR) is 89.3 cm³/mol. The Morgan fingerprint density at radius 2 is 2.05 bits per heavy atom. The lowest BCUT2D eigenvalue weighted by molar-refractivity contribution is 0.0461. The number of thiophene rings is 1. The van der Waals surface area contributed by atoms with Crippen molar-refractivity contribution in [1.29, 1.82) is 0 Å². The third kappa shape index (κ3) is 3.70. The first-order chi connectivity index (χ1) is 9.90. The molecule has 2 aromatic rings. The molecule has 0 radical (unpaired) electrons. The second-order valence-electron chi connectivity index (χ2n) is 5.01. The summed E-state index contributed by atoms with van der Waals surface area (Å²) in [7, 11) is 0. The van der Waals surface area contributed by atoms with Crippen molar-refractivity contribution in [3.05, 3.63) is 39.2 Å². The minimum Gasteiger partial charge on any atom is -0.462 e. The van der Waals surface area contributed by atoms with Gasteiger partial charge in [-0.1, -0.05) is 43.1 Å². The number of benzene rings is 1. The number of ether oxygens (including phenoxy) is 1. The molecular formula is C15H15Cl2NO2S. The van der Waals surface area contributed by atoms with Crippen molar-refractivity contribution in [1.82, 2.24) is 0 Å². The monoisotopic (exact) mass is 343 g/mol. The number of carbonyl (C=O) groups excluding carboxylic acids is 1. The third-order valence-corrected chi connectivity index (χ3v) is 4.35. The Balaban J connectivity index is 2.37. The van der Waals surface area contributed by atoms with Crippen LogP contribution >= 0.6 is 34.5 Å². The lowest BCUT2D eigenvalue weighted by Gasteiger charge is -2.09. The van der Waals surface area contributed by atoms with Crippen LogP contribution in [0.1, 0.15) is 24.2 Å². The molecule has 1 aromatic carbocycles. The summed E-state index contributed by atoms with van der Waals surface area (Å²) >= 11 is 13.2. The zero-order valence-electron chi connectivity index (χ0n) is 11.7. The molecule has 1 aromatic heterocycles. The highest BCUT2D eigenvalue weighted by Gasteiger charge is 2.20. The number of carbonyl (C=O) groups is 1. The van der Waals surface area contributed by atoms with Crippen molar-refractivity contribution in [2.45, 2.75) is 13.8 Å². The minimum absolute atomic E-state index is 0.266. The van der Waals surface area contributed by atoms with Gasteiger partial charge in [-0.25, -0.2) is 4.79 Å². The lowest BCUT2D eigenvalue weighted by Crippen LogP contribution is -2.11. The van der Waals surface area contributed by atoms with Crippen LogP contribution in [0.25, 0.3) is 11.1 Å². The summed E-state index contributed by atoms with van der Waals surface area (Å²) in [6.45, 7) is 4.31. The lowest BCUT2D eigenvalue weighted by atomic mass is 10.0. The molecule has 112 valence electrons. The Morgan fingerprint density at radius 1 is 1.33 bits per heavy atom. The highest BCUT2D eigenvalue weighted by atomic mass is 35.5. The number of nitrogens with two attached hydrogens (primary N) is 1. The maximum absolute atomic E-state index is 12.2. The molecule has 0 saturated carbocycles. The number of halogens is 2. The number of hydrogen-bond donors (Lipinski definition) is 1. The van der Waals surface area contributed by atoms with Gasteiger partial charge in [0.15, 0.2) is 0 Å². The second-order valence-corrected chi connectivity index (χ2v) is 6.74. The van der Waals surface area contributed by atoms with Gasteiger partial charge in [-0.3, -0.25) is 0 Å². The van der Waals surface area contributed by atoms with Gasteiger partial charge in [0.1, 0.15) is 10.6 Å². The number of rotatable bonds is 4. The summed E-state index contributed by atoms with van der Waals surface area (Å²) < 4.78 is 5.27. The summed E-state index contributed by atoms with van der Waals surface area (Å²) in [5, 5.41) is 3.15. The topological polar surface area (TPSA) is 52.3 Å². The predicted octanol–water partition coefficient (Wildman–Crippen LogP) is 5.12. The van der Waals surface area contributed by atoms with Gasteiger partial charge in [0.25, 0.3) is 0 Å². The van der Waals surface area contributed by atoms with E-state index in [0.29, 0.717) is 32.8 Å². The largest absolute Gasteiger partial charge is 0.462 e. The van der Waals surface area contributed by atoms with Crippen LogP contribution in [0.4, 0.5) is 5.00 Å². The Bertz CT molecular complexity index is 668. The maximum atomic E-state index is 12.2. The van der Waals surface area contributed by atoms with Crippen LogP contribution in [0.5, 0.6) is 0 Å². The summed E-state index contributed by atoms with van der Waals surface area (Å²) in [4.78, 5) is 12.2. The van der Waals surface area contributed by atoms with E-state index in [2.05, 4.69) is 0 Å². The van der Waals surface area contributed by atoms with Crippen molar-refractivity contribution < 1.29 is 9.53 Å². The van der Waals surface area contributed by atoms with Crippen LogP contribution in [-0.2, 0) is 4.74 Å². The van der Waals surface area contributed by atoms with Gasteiger partial charge in [-0.05, 0) is 23.6 Å². The quantitative estimate of drug-likeness (QED) is 0.784. The van der Waals surface area contributed by atoms with Gasteiger partial charge >= 0.3 is 5.97 Å². The first-order valence-electron chi connectivity index (χ1n) is 6.39. The van der Waals surface area contributed by atoms with Crippen molar-refractivity contribution in [3.63, 3.8) is 0 Å². The molecule has 6 heteroatoms. The van der Waals surface area contributed by atoms with Crippen molar-refractivity contribution in [2.24, 2.45) is 5.92 Å². The van der Waals surface area contributed by atoms with Crippen molar-refractivity contribution >= 4 is 45.5 Å². The fourth-order valence-corrected chi connectivity index (χ4v) is 2.88. The molecule has 2 rings (SSSR count). The van der Waals surface area contributed by atoms with Gasteiger partial charge in [-0.2, -0.15) is 0 Å². The van der Waals surface area contributed by atoms with E-state index >= 15 is 0 Å². The van der Waals surface area contributed by atoms with E-state index in [1.54, 1.807) is 18.2 Å². The maximum Gasteiger partial charge on any atom is 0.341 e. The van der Waals surface area contributed by atoms with Crippen LogP contribution in [0, 0.1) is 5.92 Å². The van der Waals surface area contributed by atoms with Crippen LogP contribution in [-0.4, -0.2) is 12.6 Å². The van der Waals surface area contributed by atoms with E-state index in [1.807, 2.05) is 19.2 Å². The zero-order chi connectivity index (χ0) is 15.6. The SMILES string of the molecule is CC(C)COC(=O)c1c(-c2ccc(Cl)c(Cl)c2)csc1N. The number of hydrogen-bond acceptors (Lipinski definition) is 4. The van der Waals surface area contributed by atoms with Crippen molar-refractivity contribution in [3.8, 4) is 11.1 Å². The molecule has 0 bridgehead atoms. The molecule has 1 heterocycles. The summed E-state index contributed by atoms with van der Waals surface area (Å²) in [5.74, 6) is -0.147. The molecule has 0 amide bonds. The van der Waals surface area contributed by atoms with Gasteiger partial charge in [-0.15, -0.1) is 11.3 Å². The summed E-state index contributed by atoms with van der Waals surface area (Å²) in [5.41, 5.74) is 7.80. The molecule has 2 N–H and O–H groups in total. The fraction of sp³-hybridized carbons (Fsp3) is 0.267. The first kappa shape index (κ1) is 16.1. The summed E-state index contributed by atoms with van der Waals surface area (Å²) in [6.07, 6.45) is 0. The third-order valence-electron chi connectivity index (χ3n) is 2.80. The van der Waals surface area contributed by atoms with Crippen LogP contribution in [0.2, 0.25) is 10.0 Å². The molecule has 0 spiro atoms.